The Morgan fingerprint density at radius 1 is 1.23 bits per heavy atom. The molecule has 8 heteroatoms. The maximum atomic E-state index is 16.3. The lowest BCUT2D eigenvalue weighted by Gasteiger charge is -2.66. The molecule has 0 aromatic heterocycles. The lowest BCUT2D eigenvalue weighted by molar-refractivity contribution is -0.198. The van der Waals surface area contributed by atoms with Crippen molar-refractivity contribution >= 4 is 33.5 Å². The van der Waals surface area contributed by atoms with Gasteiger partial charge in [-0.1, -0.05) is 49.2 Å². The van der Waals surface area contributed by atoms with E-state index in [0.717, 1.165) is 6.42 Å². The number of carbonyl (C=O) groups is 3. The number of halogens is 2. The Morgan fingerprint density at radius 2 is 1.91 bits per heavy atom. The standard InChI is InChI=1S/C27H36BrFO6/c1-5-6-7-22(34)35-26(21(33)15-30)11-9-17-18-13-25(4,29)19-12-16(31)8-10-23(19,2)27(18,28)20(32)14-24(17,26)3/h8,10,12,17-18,20,30,32H,5-7,9,11,13-15H2,1-4H3/t17-,18-,20-,23-,24-,25?,26+,27-/m0/s1. The number of esters is 1. The van der Waals surface area contributed by atoms with Crippen LogP contribution in [0.3, 0.4) is 0 Å². The molecule has 0 aromatic rings. The minimum atomic E-state index is -1.81. The average Bonchev–Trinajstić information content (AvgIpc) is 3.07. The van der Waals surface area contributed by atoms with E-state index in [1.165, 1.54) is 19.1 Å². The Morgan fingerprint density at radius 3 is 2.54 bits per heavy atom. The van der Waals surface area contributed by atoms with Gasteiger partial charge in [0.15, 0.2) is 11.4 Å². The van der Waals surface area contributed by atoms with Crippen LogP contribution in [0.1, 0.15) is 72.6 Å². The first kappa shape index (κ1) is 26.7. The van der Waals surface area contributed by atoms with Gasteiger partial charge < -0.3 is 14.9 Å². The van der Waals surface area contributed by atoms with Gasteiger partial charge >= 0.3 is 5.97 Å². The second-order valence-electron chi connectivity index (χ2n) is 11.5. The van der Waals surface area contributed by atoms with Crippen LogP contribution in [0.5, 0.6) is 0 Å². The van der Waals surface area contributed by atoms with Gasteiger partial charge in [-0.05, 0) is 68.6 Å². The van der Waals surface area contributed by atoms with Crippen LogP contribution in [0.4, 0.5) is 4.39 Å². The molecule has 0 heterocycles. The van der Waals surface area contributed by atoms with Crippen molar-refractivity contribution in [3.8, 4) is 0 Å². The first-order valence-corrected chi connectivity index (χ1v) is 13.4. The third-order valence-electron chi connectivity index (χ3n) is 9.68. The van der Waals surface area contributed by atoms with E-state index in [2.05, 4.69) is 15.9 Å². The highest BCUT2D eigenvalue weighted by molar-refractivity contribution is 9.10. The highest BCUT2D eigenvalue weighted by Gasteiger charge is 2.76. The first-order valence-electron chi connectivity index (χ1n) is 12.6. The van der Waals surface area contributed by atoms with E-state index in [-0.39, 0.29) is 37.4 Å². The van der Waals surface area contributed by atoms with E-state index in [4.69, 9.17) is 4.74 Å². The van der Waals surface area contributed by atoms with E-state index >= 15 is 4.39 Å². The van der Waals surface area contributed by atoms with Gasteiger partial charge in [0.05, 0.1) is 10.4 Å². The van der Waals surface area contributed by atoms with Crippen molar-refractivity contribution in [2.75, 3.05) is 6.61 Å². The molecule has 0 spiro atoms. The number of ether oxygens (including phenoxy) is 1. The van der Waals surface area contributed by atoms with Crippen molar-refractivity contribution in [2.45, 2.75) is 94.3 Å². The van der Waals surface area contributed by atoms with E-state index in [9.17, 15) is 24.6 Å². The predicted octanol–water partition coefficient (Wildman–Crippen LogP) is 4.15. The smallest absolute Gasteiger partial charge is 0.306 e. The summed E-state index contributed by atoms with van der Waals surface area (Å²) in [7, 11) is 0. The zero-order valence-electron chi connectivity index (χ0n) is 20.9. The number of aliphatic hydroxyl groups is 2. The molecule has 194 valence electrons. The third-order valence-corrected chi connectivity index (χ3v) is 11.6. The molecule has 0 aliphatic heterocycles. The molecule has 3 saturated carbocycles. The lowest BCUT2D eigenvalue weighted by atomic mass is 9.44. The molecule has 0 aromatic carbocycles. The van der Waals surface area contributed by atoms with Gasteiger partial charge in [0, 0.05) is 17.3 Å². The van der Waals surface area contributed by atoms with Crippen LogP contribution in [0.25, 0.3) is 0 Å². The summed E-state index contributed by atoms with van der Waals surface area (Å²) in [6.45, 7) is 6.33. The average molecular weight is 555 g/mol. The van der Waals surface area contributed by atoms with Crippen LogP contribution in [0, 0.1) is 22.7 Å². The number of fused-ring (bicyclic) bond motifs is 5. The van der Waals surface area contributed by atoms with Crippen LogP contribution in [0.2, 0.25) is 0 Å². The number of aliphatic hydroxyl groups excluding tert-OH is 2. The zero-order chi connectivity index (χ0) is 26.0. The molecule has 0 amide bonds. The van der Waals surface area contributed by atoms with Crippen LogP contribution < -0.4 is 0 Å². The SMILES string of the molecule is CCCCC(=O)O[C@@]1(C(=O)CO)CC[C@H]2[C@@H]3CC(C)(F)C4=CC(=O)C=C[C@]4(C)[C@@]3(Br)[C@@H](O)C[C@@]21C. The molecule has 1 unspecified atom stereocenters. The van der Waals surface area contributed by atoms with Crippen molar-refractivity contribution in [2.24, 2.45) is 22.7 Å². The molecule has 4 aliphatic carbocycles. The van der Waals surface area contributed by atoms with Gasteiger partial charge in [-0.25, -0.2) is 4.39 Å². The predicted molar refractivity (Wildman–Crippen MR) is 132 cm³/mol. The molecule has 35 heavy (non-hydrogen) atoms. The highest BCUT2D eigenvalue weighted by atomic mass is 79.9. The summed E-state index contributed by atoms with van der Waals surface area (Å²) in [5, 5.41) is 21.6. The number of Topliss-reactive ketones (excluding diaryl/α,β-unsaturated/α-hetero) is 1. The second-order valence-corrected chi connectivity index (χ2v) is 12.9. The fraction of sp³-hybridized carbons (Fsp3) is 0.741. The Kier molecular flexibility index (Phi) is 6.55. The first-order chi connectivity index (χ1) is 16.2. The van der Waals surface area contributed by atoms with Crippen molar-refractivity contribution in [1.82, 2.24) is 0 Å². The molecule has 6 nitrogen and oxygen atoms in total. The maximum absolute atomic E-state index is 16.3. The fourth-order valence-electron chi connectivity index (χ4n) is 7.94. The number of allylic oxidation sites excluding steroid dienone is 4. The molecule has 0 bridgehead atoms. The van der Waals surface area contributed by atoms with Crippen molar-refractivity contribution in [3.63, 3.8) is 0 Å². The van der Waals surface area contributed by atoms with Crippen LogP contribution in [0.15, 0.2) is 23.8 Å². The highest BCUT2D eigenvalue weighted by Crippen LogP contribution is 2.73. The minimum absolute atomic E-state index is 0.0469. The van der Waals surface area contributed by atoms with Crippen LogP contribution >= 0.6 is 15.9 Å². The summed E-state index contributed by atoms with van der Waals surface area (Å²) < 4.78 is 21.3. The Balaban J connectivity index is 1.82. The van der Waals surface area contributed by atoms with E-state index in [0.29, 0.717) is 18.4 Å². The summed E-state index contributed by atoms with van der Waals surface area (Å²) in [4.78, 5) is 38.2. The number of alkyl halides is 2. The molecule has 2 N–H and O–H groups in total. The Bertz CT molecular complexity index is 1010. The summed E-state index contributed by atoms with van der Waals surface area (Å²) in [6.07, 6.45) is 5.90. The van der Waals surface area contributed by atoms with Gasteiger partial charge in [0.2, 0.25) is 5.78 Å². The summed E-state index contributed by atoms with van der Waals surface area (Å²) >= 11 is 3.88. The van der Waals surface area contributed by atoms with E-state index in [1.54, 1.807) is 6.08 Å². The number of unbranched alkanes of at least 4 members (excludes halogenated alkanes) is 1. The zero-order valence-corrected chi connectivity index (χ0v) is 22.5. The normalized spacial score (nSPS) is 46.3. The molecule has 8 atom stereocenters. The van der Waals surface area contributed by atoms with Crippen molar-refractivity contribution in [3.05, 3.63) is 23.8 Å². The van der Waals surface area contributed by atoms with Gasteiger partial charge in [-0.3, -0.25) is 14.4 Å². The van der Waals surface area contributed by atoms with Gasteiger partial charge in [0.1, 0.15) is 12.3 Å². The van der Waals surface area contributed by atoms with Crippen LogP contribution in [-0.2, 0) is 19.1 Å². The molecule has 0 saturated heterocycles. The summed E-state index contributed by atoms with van der Waals surface area (Å²) in [5.74, 6) is -2.03. The van der Waals surface area contributed by atoms with Gasteiger partial charge in [0.25, 0.3) is 0 Å². The minimum Gasteiger partial charge on any atom is -0.450 e. The molecular weight excluding hydrogens is 519 g/mol. The maximum Gasteiger partial charge on any atom is 0.306 e. The number of rotatable bonds is 6. The largest absolute Gasteiger partial charge is 0.450 e. The number of hydrogen-bond donors (Lipinski definition) is 2. The Labute approximate surface area is 214 Å². The number of carbonyl (C=O) groups excluding carboxylic acids is 3. The monoisotopic (exact) mass is 554 g/mol. The molecule has 0 radical (unpaired) electrons. The van der Waals surface area contributed by atoms with Crippen molar-refractivity contribution < 1.29 is 33.7 Å². The Hall–Kier alpha value is -1.38. The van der Waals surface area contributed by atoms with E-state index < -0.39 is 56.8 Å². The van der Waals surface area contributed by atoms with Crippen LogP contribution in [-0.4, -0.2) is 56.1 Å². The second kappa shape index (κ2) is 8.59. The molecule has 3 fully saturated rings. The van der Waals surface area contributed by atoms with E-state index in [1.807, 2.05) is 20.8 Å². The van der Waals surface area contributed by atoms with Gasteiger partial charge in [-0.15, -0.1) is 0 Å². The molecule has 4 rings (SSSR count). The summed E-state index contributed by atoms with van der Waals surface area (Å²) in [5.41, 5.74) is -5.00. The van der Waals surface area contributed by atoms with Crippen molar-refractivity contribution in [1.29, 1.82) is 0 Å². The topological polar surface area (TPSA) is 101 Å². The molecule has 4 aliphatic rings. The number of hydrogen-bond acceptors (Lipinski definition) is 6. The lowest BCUT2D eigenvalue weighted by Crippen LogP contribution is -2.71. The molecular formula is C27H36BrFO6. The van der Waals surface area contributed by atoms with Gasteiger partial charge in [-0.2, -0.15) is 0 Å². The number of ketones is 2. The fourth-order valence-corrected chi connectivity index (χ4v) is 8.93. The quantitative estimate of drug-likeness (QED) is 0.377. The summed E-state index contributed by atoms with van der Waals surface area (Å²) in [6, 6.07) is 0. The third kappa shape index (κ3) is 3.49.